The molecule has 2 atom stereocenters. The van der Waals surface area contributed by atoms with Crippen molar-refractivity contribution in [3.8, 4) is 16.9 Å². The minimum absolute atomic E-state index is 0.0675. The first-order valence-electron chi connectivity index (χ1n) is 15.9. The summed E-state index contributed by atoms with van der Waals surface area (Å²) in [6, 6.07) is 7.27. The number of likely N-dealkylation sites (N-methyl/N-ethyl adjacent to an activating group) is 1. The fourth-order valence-electron chi connectivity index (χ4n) is 7.09. The maximum atomic E-state index is 15.8. The number of halogens is 2. The van der Waals surface area contributed by atoms with Crippen molar-refractivity contribution in [1.29, 1.82) is 0 Å². The number of benzene rings is 1. The van der Waals surface area contributed by atoms with Crippen LogP contribution in [0.5, 0.6) is 0 Å². The molecule has 0 radical (unpaired) electrons. The number of anilines is 2. The second kappa shape index (κ2) is 12.4. The van der Waals surface area contributed by atoms with Gasteiger partial charge in [-0.2, -0.15) is 0 Å². The first kappa shape index (κ1) is 33.3. The van der Waals surface area contributed by atoms with Crippen LogP contribution in [-0.2, 0) is 16.1 Å². The molecule has 1 fully saturated rings. The number of carbonyl (C=O) groups excluding carboxylic acids is 2. The van der Waals surface area contributed by atoms with Crippen molar-refractivity contribution >= 4 is 45.8 Å². The van der Waals surface area contributed by atoms with Gasteiger partial charge in [0, 0.05) is 43.3 Å². The number of aryl methyl sites for hydroxylation is 1. The van der Waals surface area contributed by atoms with E-state index in [9.17, 15) is 9.59 Å². The highest BCUT2D eigenvalue weighted by Gasteiger charge is 2.46. The van der Waals surface area contributed by atoms with Crippen LogP contribution in [0.4, 0.5) is 15.8 Å². The van der Waals surface area contributed by atoms with Gasteiger partial charge in [-0.1, -0.05) is 44.2 Å². The minimum Gasteiger partial charge on any atom is -0.351 e. The number of aromatic nitrogens is 3. The van der Waals surface area contributed by atoms with Crippen molar-refractivity contribution < 1.29 is 14.0 Å². The van der Waals surface area contributed by atoms with Gasteiger partial charge in [0.05, 0.1) is 34.3 Å². The molecule has 3 aromatic heterocycles. The van der Waals surface area contributed by atoms with E-state index in [4.69, 9.17) is 16.6 Å². The van der Waals surface area contributed by atoms with Gasteiger partial charge in [0.1, 0.15) is 17.5 Å². The molecular weight excluding hydrogens is 633 g/mol. The third-order valence-electron chi connectivity index (χ3n) is 9.18. The van der Waals surface area contributed by atoms with Crippen LogP contribution < -0.4 is 15.4 Å². The third-order valence-corrected chi connectivity index (χ3v) is 9.47. The maximum Gasteiger partial charge on any atom is 0.283 e. The quantitative estimate of drug-likeness (QED) is 0.257. The Labute approximate surface area is 284 Å². The molecule has 0 unspecified atom stereocenters. The Morgan fingerprint density at radius 2 is 1.90 bits per heavy atom. The number of carbonyl (C=O) groups is 2. The normalized spacial score (nSPS) is 17.7. The average Bonchev–Trinajstić information content (AvgIpc) is 3.03. The number of pyridine rings is 3. The van der Waals surface area contributed by atoms with Crippen LogP contribution in [0.2, 0.25) is 5.02 Å². The summed E-state index contributed by atoms with van der Waals surface area (Å²) < 4.78 is 17.3. The Morgan fingerprint density at radius 3 is 2.56 bits per heavy atom. The Kier molecular flexibility index (Phi) is 8.63. The van der Waals surface area contributed by atoms with Gasteiger partial charge in [0.15, 0.2) is 5.65 Å². The van der Waals surface area contributed by atoms with Gasteiger partial charge >= 0.3 is 0 Å². The lowest BCUT2D eigenvalue weighted by Crippen LogP contribution is -2.66. The molecule has 2 amide bonds. The lowest BCUT2D eigenvalue weighted by atomic mass is 9.96. The summed E-state index contributed by atoms with van der Waals surface area (Å²) in [7, 11) is 5.36. The van der Waals surface area contributed by atoms with Crippen LogP contribution in [0.15, 0.2) is 54.0 Å². The molecule has 0 N–H and O–H groups in total. The zero-order valence-electron chi connectivity index (χ0n) is 28.2. The lowest BCUT2D eigenvalue weighted by Gasteiger charge is -2.50. The Balaban J connectivity index is 1.76. The molecule has 12 heteroatoms. The van der Waals surface area contributed by atoms with E-state index in [2.05, 4.69) is 11.6 Å². The number of fused-ring (bicyclic) bond motifs is 5. The summed E-state index contributed by atoms with van der Waals surface area (Å²) in [4.78, 5) is 58.3. The van der Waals surface area contributed by atoms with Crippen molar-refractivity contribution in [3.05, 3.63) is 87.2 Å². The van der Waals surface area contributed by atoms with Gasteiger partial charge in [0.25, 0.3) is 11.5 Å². The summed E-state index contributed by atoms with van der Waals surface area (Å²) >= 11 is 7.07. The van der Waals surface area contributed by atoms with E-state index in [0.29, 0.717) is 41.1 Å². The van der Waals surface area contributed by atoms with Crippen molar-refractivity contribution in [2.45, 2.75) is 52.2 Å². The molecule has 2 aliphatic heterocycles. The maximum absolute atomic E-state index is 15.8. The molecule has 2 aliphatic rings. The highest BCUT2D eigenvalue weighted by molar-refractivity contribution is 6.34. The van der Waals surface area contributed by atoms with Gasteiger partial charge < -0.3 is 19.6 Å². The molecule has 0 saturated carbocycles. The predicted molar refractivity (Wildman–Crippen MR) is 188 cm³/mol. The van der Waals surface area contributed by atoms with E-state index in [-0.39, 0.29) is 57.9 Å². The van der Waals surface area contributed by atoms with Crippen LogP contribution in [0.3, 0.4) is 0 Å². The molecular formula is C36H39ClFN7O3. The first-order chi connectivity index (χ1) is 22.8. The van der Waals surface area contributed by atoms with Crippen LogP contribution >= 0.6 is 11.6 Å². The largest absolute Gasteiger partial charge is 0.351 e. The molecule has 5 heterocycles. The number of hydrogen-bond acceptors (Lipinski definition) is 7. The van der Waals surface area contributed by atoms with E-state index in [1.807, 2.05) is 63.7 Å². The van der Waals surface area contributed by atoms with Crippen LogP contribution in [0.25, 0.3) is 28.0 Å². The Bertz CT molecular complexity index is 2060. The van der Waals surface area contributed by atoms with Crippen LogP contribution in [0, 0.1) is 12.7 Å². The monoisotopic (exact) mass is 671 g/mol. The summed E-state index contributed by atoms with van der Waals surface area (Å²) in [5, 5.41) is 0.706. The number of amides is 2. The zero-order valence-corrected chi connectivity index (χ0v) is 29.0. The van der Waals surface area contributed by atoms with E-state index >= 15 is 9.18 Å². The highest BCUT2D eigenvalue weighted by atomic mass is 35.5. The topological polar surface area (TPSA) is 94.9 Å². The second-order valence-electron chi connectivity index (χ2n) is 13.2. The van der Waals surface area contributed by atoms with E-state index in [1.165, 1.54) is 21.6 Å². The minimum atomic E-state index is -0.767. The number of rotatable bonds is 6. The van der Waals surface area contributed by atoms with Crippen molar-refractivity contribution in [2.75, 3.05) is 44.0 Å². The molecule has 4 aromatic rings. The summed E-state index contributed by atoms with van der Waals surface area (Å²) in [5.74, 6) is -1.15. The zero-order chi connectivity index (χ0) is 34.8. The van der Waals surface area contributed by atoms with E-state index < -0.39 is 17.4 Å². The van der Waals surface area contributed by atoms with Gasteiger partial charge in [-0.05, 0) is 69.3 Å². The second-order valence-corrected chi connectivity index (χ2v) is 13.6. The van der Waals surface area contributed by atoms with Crippen molar-refractivity contribution in [1.82, 2.24) is 24.3 Å². The SMILES string of the molecule is C=CC(=O)N1C[C@@H](C)N2c3c(c(=O)n(-c4c(C)ccnc4C(C)C)c4nc(-c5c(F)cccc5CN(C)C)c(Cl)cc34)N(C)C(=O)[C@H]2C1. The van der Waals surface area contributed by atoms with Crippen molar-refractivity contribution in [2.24, 2.45) is 0 Å². The fraction of sp³-hybridized carbons (Fsp3) is 0.361. The standard InChI is InChI=1S/C36H39ClFN7O3/c1-9-27(46)43-16-21(5)44-26(18-43)35(47)42(8)33-32(44)23-15-24(37)30(28-22(17-41(6)7)11-10-12-25(28)38)40-34(23)45(36(33)48)31-20(4)13-14-39-29(31)19(2)3/h9-15,19,21,26H,1,16-18H2,2-8H3/t21-,26-/m1/s1. The molecule has 10 nitrogen and oxygen atoms in total. The third kappa shape index (κ3) is 5.25. The van der Waals surface area contributed by atoms with Crippen molar-refractivity contribution in [3.63, 3.8) is 0 Å². The molecule has 250 valence electrons. The molecule has 6 rings (SSSR count). The fourth-order valence-corrected chi connectivity index (χ4v) is 7.34. The Morgan fingerprint density at radius 1 is 1.17 bits per heavy atom. The summed E-state index contributed by atoms with van der Waals surface area (Å²) in [6.07, 6.45) is 2.94. The van der Waals surface area contributed by atoms with E-state index in [0.717, 1.165) is 5.56 Å². The number of nitrogens with zero attached hydrogens (tertiary/aromatic N) is 7. The summed E-state index contributed by atoms with van der Waals surface area (Å²) in [6.45, 7) is 12.3. The predicted octanol–water partition coefficient (Wildman–Crippen LogP) is 5.30. The van der Waals surface area contributed by atoms with Gasteiger partial charge in [-0.3, -0.25) is 23.9 Å². The summed E-state index contributed by atoms with van der Waals surface area (Å²) in [5.41, 5.74) is 3.58. The molecule has 0 spiro atoms. The number of piperazine rings is 1. The van der Waals surface area contributed by atoms with Crippen LogP contribution in [0.1, 0.15) is 43.5 Å². The molecule has 1 saturated heterocycles. The number of hydrogen-bond donors (Lipinski definition) is 0. The smallest absolute Gasteiger partial charge is 0.283 e. The molecule has 0 bridgehead atoms. The molecule has 0 aliphatic carbocycles. The Hall–Kier alpha value is -4.61. The first-order valence-corrected chi connectivity index (χ1v) is 16.3. The van der Waals surface area contributed by atoms with E-state index in [1.54, 1.807) is 30.3 Å². The van der Waals surface area contributed by atoms with Crippen LogP contribution in [-0.4, -0.2) is 82.5 Å². The van der Waals surface area contributed by atoms with Gasteiger partial charge in [-0.15, -0.1) is 0 Å². The van der Waals surface area contributed by atoms with Gasteiger partial charge in [-0.25, -0.2) is 9.37 Å². The lowest BCUT2D eigenvalue weighted by molar-refractivity contribution is -0.129. The molecule has 1 aromatic carbocycles. The average molecular weight is 672 g/mol. The highest BCUT2D eigenvalue weighted by Crippen LogP contribution is 2.45. The molecule has 48 heavy (non-hydrogen) atoms. The van der Waals surface area contributed by atoms with Gasteiger partial charge in [0.2, 0.25) is 5.91 Å².